The van der Waals surface area contributed by atoms with Crippen molar-refractivity contribution in [3.63, 3.8) is 0 Å². The Hall–Kier alpha value is -1.97. The van der Waals surface area contributed by atoms with Gasteiger partial charge in [-0.25, -0.2) is 4.79 Å². The van der Waals surface area contributed by atoms with Gasteiger partial charge in [0.15, 0.2) is 5.88 Å². The minimum Gasteiger partial charge on any atom is -0.474 e. The monoisotopic (exact) mass is 235 g/mol. The van der Waals surface area contributed by atoms with Crippen LogP contribution in [0.3, 0.4) is 0 Å². The first kappa shape index (κ1) is 13.1. The lowest BCUT2D eigenvalue weighted by atomic mass is 10.2. The molecule has 0 unspecified atom stereocenters. The minimum absolute atomic E-state index is 0.104. The Morgan fingerprint density at radius 3 is 2.47 bits per heavy atom. The van der Waals surface area contributed by atoms with E-state index in [1.54, 1.807) is 13.8 Å². The summed E-state index contributed by atoms with van der Waals surface area (Å²) < 4.78 is 10.1. The predicted octanol–water partition coefficient (Wildman–Crippen LogP) is 1.96. The summed E-state index contributed by atoms with van der Waals surface area (Å²) in [7, 11) is 0. The van der Waals surface area contributed by atoms with E-state index in [0.29, 0.717) is 18.8 Å². The van der Waals surface area contributed by atoms with Gasteiger partial charge in [0, 0.05) is 0 Å². The van der Waals surface area contributed by atoms with Gasteiger partial charge in [-0.15, -0.1) is 0 Å². The highest BCUT2D eigenvalue weighted by Gasteiger charge is 2.10. The summed E-state index contributed by atoms with van der Waals surface area (Å²) in [5.74, 6) is -0.342. The number of benzene rings is 1. The maximum Gasteiger partial charge on any atom is 0.339 e. The summed E-state index contributed by atoms with van der Waals surface area (Å²) in [6.07, 6.45) is 0. The molecule has 0 saturated heterocycles. The summed E-state index contributed by atoms with van der Waals surface area (Å²) >= 11 is 0. The summed E-state index contributed by atoms with van der Waals surface area (Å²) in [6, 6.07) is 9.60. The van der Waals surface area contributed by atoms with Gasteiger partial charge in [-0.05, 0) is 19.4 Å². The zero-order valence-corrected chi connectivity index (χ0v) is 10.1. The second-order valence-electron chi connectivity index (χ2n) is 3.48. The highest BCUT2D eigenvalue weighted by molar-refractivity contribution is 5.88. The highest BCUT2D eigenvalue weighted by Crippen LogP contribution is 2.07. The van der Waals surface area contributed by atoms with Crippen LogP contribution in [0.4, 0.5) is 0 Å². The van der Waals surface area contributed by atoms with Crippen LogP contribution in [-0.2, 0) is 20.9 Å². The van der Waals surface area contributed by atoms with Crippen molar-refractivity contribution >= 4 is 5.97 Å². The van der Waals surface area contributed by atoms with E-state index in [0.717, 1.165) is 5.56 Å². The topological polar surface area (TPSA) is 61.5 Å². The number of hydrogen-bond acceptors (Lipinski definition) is 4. The fourth-order valence-corrected chi connectivity index (χ4v) is 1.18. The number of carbonyl (C=O) groups is 1. The molecule has 4 nitrogen and oxygen atoms in total. The van der Waals surface area contributed by atoms with E-state index < -0.39 is 5.97 Å². The molecule has 0 fully saturated rings. The van der Waals surface area contributed by atoms with Crippen LogP contribution in [0, 0.1) is 0 Å². The predicted molar refractivity (Wildman–Crippen MR) is 64.8 cm³/mol. The van der Waals surface area contributed by atoms with E-state index in [-0.39, 0.29) is 5.88 Å². The zero-order valence-electron chi connectivity index (χ0n) is 10.1. The van der Waals surface area contributed by atoms with Gasteiger partial charge < -0.3 is 15.2 Å². The van der Waals surface area contributed by atoms with Crippen LogP contribution in [0.2, 0.25) is 0 Å². The summed E-state index contributed by atoms with van der Waals surface area (Å²) in [5, 5.41) is 0. The van der Waals surface area contributed by atoms with Gasteiger partial charge in [0.2, 0.25) is 0 Å². The van der Waals surface area contributed by atoms with Gasteiger partial charge in [-0.1, -0.05) is 30.3 Å². The van der Waals surface area contributed by atoms with E-state index >= 15 is 0 Å². The average molecular weight is 235 g/mol. The Morgan fingerprint density at radius 1 is 1.24 bits per heavy atom. The molecule has 0 aliphatic heterocycles. The molecule has 0 amide bonds. The molecule has 0 radical (unpaired) electrons. The molecule has 0 aromatic heterocycles. The fraction of sp³-hybridized carbons (Fsp3) is 0.308. The van der Waals surface area contributed by atoms with Gasteiger partial charge in [0.1, 0.15) is 6.61 Å². The van der Waals surface area contributed by atoms with E-state index in [2.05, 4.69) is 0 Å². The zero-order chi connectivity index (χ0) is 12.7. The summed E-state index contributed by atoms with van der Waals surface area (Å²) in [5.41, 5.74) is 6.94. The molecule has 1 rings (SSSR count). The maximum absolute atomic E-state index is 11.4. The van der Waals surface area contributed by atoms with Crippen molar-refractivity contribution in [2.75, 3.05) is 6.61 Å². The molecule has 0 aliphatic rings. The molecular weight excluding hydrogens is 218 g/mol. The first-order chi connectivity index (χ1) is 8.15. The van der Waals surface area contributed by atoms with Crippen LogP contribution < -0.4 is 5.73 Å². The van der Waals surface area contributed by atoms with Crippen molar-refractivity contribution < 1.29 is 14.3 Å². The van der Waals surface area contributed by atoms with Crippen molar-refractivity contribution in [2.45, 2.75) is 20.5 Å². The lowest BCUT2D eigenvalue weighted by molar-refractivity contribution is -0.138. The first-order valence-electron chi connectivity index (χ1n) is 5.45. The van der Waals surface area contributed by atoms with Gasteiger partial charge >= 0.3 is 5.97 Å². The normalized spacial score (nSPS) is 11.6. The van der Waals surface area contributed by atoms with Crippen LogP contribution >= 0.6 is 0 Å². The Kier molecular flexibility index (Phi) is 5.07. The smallest absolute Gasteiger partial charge is 0.339 e. The Morgan fingerprint density at radius 2 is 1.88 bits per heavy atom. The molecule has 17 heavy (non-hydrogen) atoms. The molecule has 0 spiro atoms. The van der Waals surface area contributed by atoms with Gasteiger partial charge in [0.05, 0.1) is 12.2 Å². The molecule has 0 saturated carbocycles. The summed E-state index contributed by atoms with van der Waals surface area (Å²) in [4.78, 5) is 11.4. The molecule has 0 aliphatic carbocycles. The number of hydrogen-bond donors (Lipinski definition) is 1. The van der Waals surface area contributed by atoms with Crippen LogP contribution in [-0.4, -0.2) is 12.6 Å². The van der Waals surface area contributed by atoms with Crippen LogP contribution in [0.5, 0.6) is 0 Å². The molecule has 1 aromatic rings. The van der Waals surface area contributed by atoms with E-state index in [1.165, 1.54) is 0 Å². The molecule has 0 atom stereocenters. The van der Waals surface area contributed by atoms with Crippen LogP contribution in [0.1, 0.15) is 19.4 Å². The minimum atomic E-state index is -0.446. The first-order valence-corrected chi connectivity index (χ1v) is 5.45. The molecule has 92 valence electrons. The maximum atomic E-state index is 11.4. The average Bonchev–Trinajstić information content (AvgIpc) is 2.36. The van der Waals surface area contributed by atoms with E-state index in [9.17, 15) is 4.79 Å². The number of rotatable bonds is 5. The van der Waals surface area contributed by atoms with Gasteiger partial charge in [0.25, 0.3) is 0 Å². The Bertz CT molecular complexity index is 398. The van der Waals surface area contributed by atoms with Gasteiger partial charge in [-0.3, -0.25) is 0 Å². The van der Waals surface area contributed by atoms with E-state index in [4.69, 9.17) is 15.2 Å². The van der Waals surface area contributed by atoms with Crippen LogP contribution in [0.15, 0.2) is 41.8 Å². The Balaban J connectivity index is 2.56. The lowest BCUT2D eigenvalue weighted by Crippen LogP contribution is -2.14. The van der Waals surface area contributed by atoms with Crippen molar-refractivity contribution in [1.29, 1.82) is 0 Å². The van der Waals surface area contributed by atoms with Crippen LogP contribution in [0.25, 0.3) is 0 Å². The van der Waals surface area contributed by atoms with E-state index in [1.807, 2.05) is 30.3 Å². The highest BCUT2D eigenvalue weighted by atomic mass is 16.5. The third-order valence-corrected chi connectivity index (χ3v) is 2.19. The third-order valence-electron chi connectivity index (χ3n) is 2.19. The molecule has 1 aromatic carbocycles. The number of carbonyl (C=O) groups excluding carboxylic acids is 1. The van der Waals surface area contributed by atoms with Crippen molar-refractivity contribution in [3.8, 4) is 0 Å². The summed E-state index contributed by atoms with van der Waals surface area (Å²) in [6.45, 7) is 3.98. The fourth-order valence-electron chi connectivity index (χ4n) is 1.18. The largest absolute Gasteiger partial charge is 0.474 e. The molecule has 0 heterocycles. The van der Waals surface area contributed by atoms with Crippen molar-refractivity contribution in [3.05, 3.63) is 47.4 Å². The number of ether oxygens (including phenoxy) is 2. The van der Waals surface area contributed by atoms with Gasteiger partial charge in [-0.2, -0.15) is 0 Å². The third kappa shape index (κ3) is 4.18. The van der Waals surface area contributed by atoms with Crippen molar-refractivity contribution in [2.24, 2.45) is 5.73 Å². The number of esters is 1. The molecule has 0 bridgehead atoms. The Labute approximate surface area is 101 Å². The molecule has 4 heteroatoms. The molecule has 2 N–H and O–H groups in total. The SMILES string of the molecule is CCOC(=O)/C(C)=C(/N)OCc1ccccc1. The van der Waals surface area contributed by atoms with Crippen molar-refractivity contribution in [1.82, 2.24) is 0 Å². The second-order valence-corrected chi connectivity index (χ2v) is 3.48. The second kappa shape index (κ2) is 6.58. The number of nitrogens with two attached hydrogens (primary N) is 1. The quantitative estimate of drug-likeness (QED) is 0.481. The standard InChI is InChI=1S/C13H17NO3/c1-3-16-13(15)10(2)12(14)17-9-11-7-5-4-6-8-11/h4-8H,3,9,14H2,1-2H3/b12-10-. The lowest BCUT2D eigenvalue weighted by Gasteiger charge is -2.09. The molecular formula is C13H17NO3.